The smallest absolute Gasteiger partial charge is 0.135 e. The molecule has 4 N–H and O–H groups in total. The molecule has 1 unspecified atom stereocenters. The molecular formula is C40H60O13. The van der Waals surface area contributed by atoms with Gasteiger partial charge < -0.3 is 53.6 Å². The molecule has 7 heterocycles. The lowest BCUT2D eigenvalue weighted by molar-refractivity contribution is -0.259. The number of aliphatic hydroxyl groups is 4. The van der Waals surface area contributed by atoms with E-state index < -0.39 is 79.9 Å². The van der Waals surface area contributed by atoms with Crippen LogP contribution in [0.2, 0.25) is 0 Å². The van der Waals surface area contributed by atoms with Gasteiger partial charge in [0.2, 0.25) is 0 Å². The van der Waals surface area contributed by atoms with Gasteiger partial charge in [0.05, 0.1) is 73.8 Å². The predicted octanol–water partition coefficient (Wildman–Crippen LogP) is 2.27. The summed E-state index contributed by atoms with van der Waals surface area (Å²) in [5.41, 5.74) is 2.00. The summed E-state index contributed by atoms with van der Waals surface area (Å²) in [6, 6.07) is 0. The summed E-state index contributed by atoms with van der Waals surface area (Å²) in [5, 5.41) is 42.6. The van der Waals surface area contributed by atoms with Crippen LogP contribution in [0.3, 0.4) is 0 Å². The maximum atomic E-state index is 13.9. The van der Waals surface area contributed by atoms with Crippen LogP contribution < -0.4 is 0 Å². The number of rotatable bonds is 4. The minimum Gasteiger partial charge on any atom is -0.394 e. The van der Waals surface area contributed by atoms with Crippen LogP contribution in [-0.2, 0) is 42.7 Å². The highest BCUT2D eigenvalue weighted by molar-refractivity contribution is 5.79. The van der Waals surface area contributed by atoms with Gasteiger partial charge in [-0.15, -0.1) is 0 Å². The van der Waals surface area contributed by atoms with Crippen LogP contribution in [-0.4, -0.2) is 143 Å². The van der Waals surface area contributed by atoms with Gasteiger partial charge >= 0.3 is 0 Å². The molecule has 298 valence electrons. The normalized spacial score (nSPS) is 47.7. The molecule has 0 aromatic carbocycles. The molecule has 0 radical (unpaired) electrons. The highest BCUT2D eigenvalue weighted by atomic mass is 16.6. The largest absolute Gasteiger partial charge is 0.394 e. The highest BCUT2D eigenvalue weighted by Crippen LogP contribution is 2.43. The summed E-state index contributed by atoms with van der Waals surface area (Å²) in [4.78, 5) is 27.0. The maximum absolute atomic E-state index is 13.9. The summed E-state index contributed by atoms with van der Waals surface area (Å²) in [7, 11) is 1.58. The van der Waals surface area contributed by atoms with Crippen LogP contribution in [0, 0.1) is 11.8 Å². The van der Waals surface area contributed by atoms with E-state index in [1.54, 1.807) is 7.11 Å². The Kier molecular flexibility index (Phi) is 12.6. The fourth-order valence-corrected chi connectivity index (χ4v) is 10.1. The van der Waals surface area contributed by atoms with E-state index in [0.717, 1.165) is 30.4 Å². The Hall–Kier alpha value is -1.62. The zero-order valence-electron chi connectivity index (χ0n) is 31.2. The molecule has 7 rings (SSSR count). The van der Waals surface area contributed by atoms with Gasteiger partial charge in [0.1, 0.15) is 42.1 Å². The van der Waals surface area contributed by atoms with E-state index in [1.807, 2.05) is 0 Å². The maximum Gasteiger partial charge on any atom is 0.135 e. The van der Waals surface area contributed by atoms with Gasteiger partial charge in [0, 0.05) is 51.6 Å². The Morgan fingerprint density at radius 2 is 1.45 bits per heavy atom. The summed E-state index contributed by atoms with van der Waals surface area (Å²) >= 11 is 0. The second kappa shape index (κ2) is 16.9. The van der Waals surface area contributed by atoms with Crippen LogP contribution in [0.4, 0.5) is 0 Å². The molecule has 8 bridgehead atoms. The van der Waals surface area contributed by atoms with Gasteiger partial charge in [-0.2, -0.15) is 0 Å². The number of ketones is 2. The standard InChI is InChI=1S/C40H60O13/c1-19-11-26-7-9-29-20(2)12-25(48-29)6-5-22(42)15-33-35(45)39-40(53-33)36(46)38-30(52-39)10-8-27(50-38)13-23(43)14-28-32(17-31(49-26)21(19)3)51-34(37(28)47-4)16-24(44)18-41/h19,24-41,44-46H,2-3,5-18H2,1,4H3/t19-,24+,25-,26+,27-,28+,29+,30+,31-,32+,33?,34-,35+,36+,37-,38+,39+,40+/m1/s1. The molecule has 0 saturated carbocycles. The average Bonchev–Trinajstić information content (AvgIpc) is 3.76. The van der Waals surface area contributed by atoms with E-state index in [2.05, 4.69) is 20.1 Å². The third kappa shape index (κ3) is 8.56. The zero-order chi connectivity index (χ0) is 37.6. The lowest BCUT2D eigenvalue weighted by Crippen LogP contribution is -2.61. The van der Waals surface area contributed by atoms with E-state index in [9.17, 15) is 30.0 Å². The second-order valence-corrected chi connectivity index (χ2v) is 16.8. The Balaban J connectivity index is 1.11. The fraction of sp³-hybridized carbons (Fsp3) is 0.850. The van der Waals surface area contributed by atoms with Crippen molar-refractivity contribution in [3.63, 3.8) is 0 Å². The first kappa shape index (κ1) is 39.6. The van der Waals surface area contributed by atoms with Crippen molar-refractivity contribution in [1.82, 2.24) is 0 Å². The summed E-state index contributed by atoms with van der Waals surface area (Å²) < 4.78 is 44.3. The van der Waals surface area contributed by atoms with Crippen molar-refractivity contribution in [1.29, 1.82) is 0 Å². The van der Waals surface area contributed by atoms with Gasteiger partial charge in [0.25, 0.3) is 0 Å². The first-order chi connectivity index (χ1) is 25.4. The Labute approximate surface area is 312 Å². The number of carbonyl (C=O) groups is 2. The highest BCUT2D eigenvalue weighted by Gasteiger charge is 2.57. The number of Topliss-reactive ketones (excluding diaryl/α,β-unsaturated/α-hetero) is 2. The predicted molar refractivity (Wildman–Crippen MR) is 189 cm³/mol. The fourth-order valence-electron chi connectivity index (χ4n) is 10.1. The Bertz CT molecular complexity index is 1340. The first-order valence-corrected chi connectivity index (χ1v) is 19.9. The lowest BCUT2D eigenvalue weighted by Gasteiger charge is -2.46. The zero-order valence-corrected chi connectivity index (χ0v) is 31.2. The monoisotopic (exact) mass is 748 g/mol. The number of hydrogen-bond acceptors (Lipinski definition) is 13. The minimum absolute atomic E-state index is 0.00643. The topological polar surface area (TPSA) is 180 Å². The summed E-state index contributed by atoms with van der Waals surface area (Å²) in [6.07, 6.45) is -3.55. The molecule has 18 atom stereocenters. The molecule has 13 nitrogen and oxygen atoms in total. The lowest BCUT2D eigenvalue weighted by atomic mass is 9.81. The van der Waals surface area contributed by atoms with Crippen LogP contribution in [0.15, 0.2) is 24.3 Å². The van der Waals surface area contributed by atoms with Crippen molar-refractivity contribution < 1.29 is 63.2 Å². The number of hydrogen-bond donors (Lipinski definition) is 4. The molecule has 7 saturated heterocycles. The van der Waals surface area contributed by atoms with Crippen LogP contribution >= 0.6 is 0 Å². The van der Waals surface area contributed by atoms with Crippen molar-refractivity contribution in [2.24, 2.45) is 11.8 Å². The van der Waals surface area contributed by atoms with Crippen molar-refractivity contribution in [2.75, 3.05) is 13.7 Å². The number of aliphatic hydroxyl groups excluding tert-OH is 4. The Morgan fingerprint density at radius 1 is 0.736 bits per heavy atom. The summed E-state index contributed by atoms with van der Waals surface area (Å²) in [5.74, 6) is -0.221. The van der Waals surface area contributed by atoms with Crippen molar-refractivity contribution in [2.45, 2.75) is 188 Å². The minimum atomic E-state index is -1.10. The molecule has 13 heteroatoms. The van der Waals surface area contributed by atoms with Crippen molar-refractivity contribution in [3.8, 4) is 0 Å². The third-order valence-electron chi connectivity index (χ3n) is 13.1. The number of methoxy groups -OCH3 is 1. The molecule has 0 amide bonds. The quantitative estimate of drug-likeness (QED) is 0.308. The molecule has 0 spiro atoms. The van der Waals surface area contributed by atoms with Gasteiger partial charge in [-0.3, -0.25) is 9.59 Å². The molecule has 7 aliphatic heterocycles. The van der Waals surface area contributed by atoms with E-state index in [-0.39, 0.29) is 79.9 Å². The van der Waals surface area contributed by atoms with E-state index in [4.69, 9.17) is 33.2 Å². The van der Waals surface area contributed by atoms with Crippen LogP contribution in [0.1, 0.15) is 90.4 Å². The van der Waals surface area contributed by atoms with E-state index in [1.165, 1.54) is 0 Å². The SMILES string of the molecule is C=C1C[C@H]2CCC(=O)CC3O[C@H]4[C@@H](O)[C@H]5O[C@H](CC[C@@H]5O[C@H]4[C@H]3O)CC(=O)C[C@@H]3[C@@H](OC)[C@@H](C[C@H](O)CO)O[C@H]3C[C@H]3O[C@@H](CC[C@@H]1O2)C[C@@H](C)C3=C. The van der Waals surface area contributed by atoms with Gasteiger partial charge in [-0.05, 0) is 62.0 Å². The van der Waals surface area contributed by atoms with Gasteiger partial charge in [-0.25, -0.2) is 0 Å². The summed E-state index contributed by atoms with van der Waals surface area (Å²) in [6.45, 7) is 10.4. The molecule has 53 heavy (non-hydrogen) atoms. The molecule has 0 aliphatic carbocycles. The number of carbonyl (C=O) groups excluding carboxylic acids is 2. The molecule has 7 fully saturated rings. The Morgan fingerprint density at radius 3 is 2.23 bits per heavy atom. The van der Waals surface area contributed by atoms with E-state index in [0.29, 0.717) is 32.1 Å². The second-order valence-electron chi connectivity index (χ2n) is 16.8. The van der Waals surface area contributed by atoms with Gasteiger partial charge in [-0.1, -0.05) is 20.1 Å². The third-order valence-corrected chi connectivity index (χ3v) is 13.1. The number of fused-ring (bicyclic) bond motifs is 7. The van der Waals surface area contributed by atoms with Gasteiger partial charge in [0.15, 0.2) is 0 Å². The molecular weight excluding hydrogens is 688 g/mol. The average molecular weight is 749 g/mol. The van der Waals surface area contributed by atoms with Crippen molar-refractivity contribution >= 4 is 11.6 Å². The van der Waals surface area contributed by atoms with Crippen LogP contribution in [0.25, 0.3) is 0 Å². The van der Waals surface area contributed by atoms with Crippen molar-refractivity contribution in [3.05, 3.63) is 24.3 Å². The van der Waals surface area contributed by atoms with Crippen LogP contribution in [0.5, 0.6) is 0 Å². The molecule has 7 aliphatic rings. The number of ether oxygens (including phenoxy) is 7. The van der Waals surface area contributed by atoms with E-state index >= 15 is 0 Å². The first-order valence-electron chi connectivity index (χ1n) is 19.9. The molecule has 0 aromatic rings. The molecule has 0 aromatic heterocycles.